The van der Waals surface area contributed by atoms with E-state index in [0.717, 1.165) is 16.6 Å². The fourth-order valence-corrected chi connectivity index (χ4v) is 2.15. The van der Waals surface area contributed by atoms with Gasteiger partial charge >= 0.3 is 0 Å². The molecular weight excluding hydrogens is 286 g/mol. The van der Waals surface area contributed by atoms with Crippen LogP contribution in [0, 0.1) is 0 Å². The smallest absolute Gasteiger partial charge is 0.156 e. The lowest BCUT2D eigenvalue weighted by atomic mass is 10.2. The minimum absolute atomic E-state index is 0.435. The topological polar surface area (TPSA) is 50.3 Å². The highest BCUT2D eigenvalue weighted by Crippen LogP contribution is 2.17. The van der Waals surface area contributed by atoms with Crippen LogP contribution in [0.25, 0.3) is 11.0 Å². The molecule has 0 bridgehead atoms. The van der Waals surface area contributed by atoms with Crippen LogP contribution in [0.5, 0.6) is 0 Å². The maximum absolute atomic E-state index is 5.96. The molecular formula is C16H14ClN3O. The van der Waals surface area contributed by atoms with Crippen LogP contribution in [0.4, 0.5) is 0 Å². The Labute approximate surface area is 127 Å². The molecule has 0 amide bonds. The Bertz CT molecular complexity index is 781. The Morgan fingerprint density at radius 1 is 1.24 bits per heavy atom. The Morgan fingerprint density at radius 3 is 2.86 bits per heavy atom. The number of aromatic amines is 1. The number of imidazole rings is 1. The first-order valence-electron chi connectivity index (χ1n) is 6.58. The second-order valence-corrected chi connectivity index (χ2v) is 5.12. The molecule has 1 N–H and O–H groups in total. The number of benzene rings is 2. The molecule has 0 saturated heterocycles. The van der Waals surface area contributed by atoms with Gasteiger partial charge in [-0.1, -0.05) is 47.1 Å². The fourth-order valence-electron chi connectivity index (χ4n) is 1.97. The van der Waals surface area contributed by atoms with Crippen LogP contribution in [-0.4, -0.2) is 15.7 Å². The summed E-state index contributed by atoms with van der Waals surface area (Å²) >= 11 is 5.96. The maximum Gasteiger partial charge on any atom is 0.156 e. The number of hydrogen-bond acceptors (Lipinski definition) is 3. The van der Waals surface area contributed by atoms with Gasteiger partial charge in [0.1, 0.15) is 12.3 Å². The molecule has 1 heterocycles. The highest BCUT2D eigenvalue weighted by molar-refractivity contribution is 6.31. The molecule has 0 aliphatic rings. The first kappa shape index (κ1) is 13.6. The van der Waals surface area contributed by atoms with Gasteiger partial charge < -0.3 is 9.82 Å². The summed E-state index contributed by atoms with van der Waals surface area (Å²) in [5.41, 5.74) is 3.51. The van der Waals surface area contributed by atoms with Crippen molar-refractivity contribution in [2.24, 2.45) is 5.16 Å². The van der Waals surface area contributed by atoms with Gasteiger partial charge in [0.15, 0.2) is 5.82 Å². The van der Waals surface area contributed by atoms with Crippen molar-refractivity contribution in [3.8, 4) is 0 Å². The Hall–Kier alpha value is -2.33. The molecule has 0 spiro atoms. The first-order valence-corrected chi connectivity index (χ1v) is 6.96. The molecule has 1 aromatic heterocycles. The molecule has 21 heavy (non-hydrogen) atoms. The quantitative estimate of drug-likeness (QED) is 0.581. The molecule has 106 valence electrons. The number of hydrogen-bond donors (Lipinski definition) is 1. The van der Waals surface area contributed by atoms with Crippen molar-refractivity contribution in [1.82, 2.24) is 9.97 Å². The highest BCUT2D eigenvalue weighted by atomic mass is 35.5. The molecule has 0 atom stereocenters. The van der Waals surface area contributed by atoms with Crippen LogP contribution in [-0.2, 0) is 11.4 Å². The summed E-state index contributed by atoms with van der Waals surface area (Å²) < 4.78 is 0. The zero-order chi connectivity index (χ0) is 14.7. The van der Waals surface area contributed by atoms with Crippen molar-refractivity contribution >= 4 is 28.3 Å². The molecule has 0 fully saturated rings. The predicted octanol–water partition coefficient (Wildman–Crippen LogP) is 4.16. The van der Waals surface area contributed by atoms with Crippen molar-refractivity contribution in [2.45, 2.75) is 13.5 Å². The number of nitrogens with zero attached hydrogens (tertiary/aromatic N) is 2. The predicted molar refractivity (Wildman–Crippen MR) is 84.5 cm³/mol. The normalized spacial score (nSPS) is 11.8. The van der Waals surface area contributed by atoms with E-state index in [-0.39, 0.29) is 0 Å². The van der Waals surface area contributed by atoms with Crippen LogP contribution in [0.2, 0.25) is 5.02 Å². The first-order chi connectivity index (χ1) is 10.2. The van der Waals surface area contributed by atoms with Crippen LogP contribution >= 0.6 is 11.6 Å². The van der Waals surface area contributed by atoms with E-state index in [0.29, 0.717) is 23.2 Å². The summed E-state index contributed by atoms with van der Waals surface area (Å²) in [5.74, 6) is 0.681. The summed E-state index contributed by atoms with van der Waals surface area (Å²) in [6, 6.07) is 15.4. The lowest BCUT2D eigenvalue weighted by Gasteiger charge is -2.00. The van der Waals surface area contributed by atoms with E-state index in [2.05, 4.69) is 15.1 Å². The molecule has 0 radical (unpaired) electrons. The van der Waals surface area contributed by atoms with E-state index in [4.69, 9.17) is 16.4 Å². The SMILES string of the molecule is C/C(=N\OCc1ccccc1)c1nc2ccc(Cl)cc2[nH]1. The molecule has 0 saturated carbocycles. The molecule has 4 nitrogen and oxygen atoms in total. The van der Waals surface area contributed by atoms with Gasteiger partial charge in [-0.05, 0) is 30.7 Å². The Balaban J connectivity index is 1.73. The van der Waals surface area contributed by atoms with Gasteiger partial charge in [-0.3, -0.25) is 0 Å². The maximum atomic E-state index is 5.96. The Morgan fingerprint density at radius 2 is 2.05 bits per heavy atom. The van der Waals surface area contributed by atoms with Crippen molar-refractivity contribution in [2.75, 3.05) is 0 Å². The van der Waals surface area contributed by atoms with Gasteiger partial charge in [0.25, 0.3) is 0 Å². The molecule has 0 aliphatic carbocycles. The van der Waals surface area contributed by atoms with Crippen molar-refractivity contribution < 1.29 is 4.84 Å². The highest BCUT2D eigenvalue weighted by Gasteiger charge is 2.06. The van der Waals surface area contributed by atoms with Crippen molar-refractivity contribution in [3.63, 3.8) is 0 Å². The number of fused-ring (bicyclic) bond motifs is 1. The van der Waals surface area contributed by atoms with E-state index in [1.165, 1.54) is 0 Å². The minimum atomic E-state index is 0.435. The molecule has 0 aliphatic heterocycles. The summed E-state index contributed by atoms with van der Waals surface area (Å²) in [6.45, 7) is 2.29. The van der Waals surface area contributed by atoms with E-state index in [1.807, 2.05) is 55.5 Å². The number of aromatic nitrogens is 2. The van der Waals surface area contributed by atoms with Gasteiger partial charge in [-0.15, -0.1) is 0 Å². The van der Waals surface area contributed by atoms with E-state index >= 15 is 0 Å². The largest absolute Gasteiger partial charge is 0.391 e. The third kappa shape index (κ3) is 3.23. The van der Waals surface area contributed by atoms with E-state index in [1.54, 1.807) is 0 Å². The number of nitrogens with one attached hydrogen (secondary N) is 1. The summed E-state index contributed by atoms with van der Waals surface area (Å²) in [4.78, 5) is 13.0. The molecule has 2 aromatic carbocycles. The zero-order valence-electron chi connectivity index (χ0n) is 11.5. The van der Waals surface area contributed by atoms with Gasteiger partial charge in [0.05, 0.1) is 11.0 Å². The van der Waals surface area contributed by atoms with Gasteiger partial charge in [-0.2, -0.15) is 0 Å². The van der Waals surface area contributed by atoms with Gasteiger partial charge in [-0.25, -0.2) is 4.98 Å². The van der Waals surface area contributed by atoms with Crippen LogP contribution in [0.1, 0.15) is 18.3 Å². The third-order valence-electron chi connectivity index (χ3n) is 3.06. The van der Waals surface area contributed by atoms with Crippen LogP contribution in [0.15, 0.2) is 53.7 Å². The second kappa shape index (κ2) is 5.97. The van der Waals surface area contributed by atoms with Gasteiger partial charge in [0.2, 0.25) is 0 Å². The molecule has 3 aromatic rings. The molecule has 3 rings (SSSR count). The van der Waals surface area contributed by atoms with E-state index in [9.17, 15) is 0 Å². The zero-order valence-corrected chi connectivity index (χ0v) is 12.3. The summed E-state index contributed by atoms with van der Waals surface area (Å²) in [7, 11) is 0. The lowest BCUT2D eigenvalue weighted by molar-refractivity contribution is 0.130. The number of H-pyrrole nitrogens is 1. The Kier molecular flexibility index (Phi) is 3.88. The lowest BCUT2D eigenvalue weighted by Crippen LogP contribution is -1.99. The number of rotatable bonds is 4. The van der Waals surface area contributed by atoms with Crippen LogP contribution < -0.4 is 0 Å². The summed E-state index contributed by atoms with van der Waals surface area (Å²) in [5, 5.41) is 4.77. The minimum Gasteiger partial charge on any atom is -0.391 e. The van der Waals surface area contributed by atoms with Crippen molar-refractivity contribution in [1.29, 1.82) is 0 Å². The van der Waals surface area contributed by atoms with Crippen molar-refractivity contribution in [3.05, 3.63) is 64.9 Å². The molecule has 0 unspecified atom stereocenters. The van der Waals surface area contributed by atoms with Crippen LogP contribution in [0.3, 0.4) is 0 Å². The molecule has 5 heteroatoms. The van der Waals surface area contributed by atoms with E-state index < -0.39 is 0 Å². The monoisotopic (exact) mass is 299 g/mol. The average molecular weight is 300 g/mol. The average Bonchev–Trinajstić information content (AvgIpc) is 2.91. The standard InChI is InChI=1S/C16H14ClN3O/c1-11(20-21-10-12-5-3-2-4-6-12)16-18-14-8-7-13(17)9-15(14)19-16/h2-9H,10H2,1H3,(H,18,19)/b20-11+. The number of oxime groups is 1. The summed E-state index contributed by atoms with van der Waals surface area (Å²) in [6.07, 6.45) is 0. The number of halogens is 1. The van der Waals surface area contributed by atoms with Gasteiger partial charge in [0, 0.05) is 5.02 Å². The second-order valence-electron chi connectivity index (χ2n) is 4.68. The third-order valence-corrected chi connectivity index (χ3v) is 3.30. The fraction of sp³-hybridized carbons (Fsp3) is 0.125.